The van der Waals surface area contributed by atoms with Crippen LogP contribution in [0.2, 0.25) is 0 Å². The first kappa shape index (κ1) is 14.9. The largest absolute Gasteiger partial charge is 0.489 e. The Morgan fingerprint density at radius 1 is 0.870 bits per heavy atom. The zero-order valence-corrected chi connectivity index (χ0v) is 12.9. The molecule has 0 bridgehead atoms. The number of benzene rings is 3. The van der Waals surface area contributed by atoms with Gasteiger partial charge in [-0.25, -0.2) is 0 Å². The van der Waals surface area contributed by atoms with Gasteiger partial charge >= 0.3 is 0 Å². The summed E-state index contributed by atoms with van der Waals surface area (Å²) in [7, 11) is 0. The molecule has 0 radical (unpaired) electrons. The first-order valence-electron chi connectivity index (χ1n) is 7.60. The van der Waals surface area contributed by atoms with Gasteiger partial charge in [0.1, 0.15) is 12.4 Å². The van der Waals surface area contributed by atoms with Crippen molar-refractivity contribution in [2.24, 2.45) is 0 Å². The second-order valence-electron chi connectivity index (χ2n) is 5.22. The number of nitrogens with one attached hydrogen (secondary N) is 1. The van der Waals surface area contributed by atoms with E-state index in [1.54, 1.807) is 0 Å². The summed E-state index contributed by atoms with van der Waals surface area (Å²) < 4.78 is 5.87. The lowest BCUT2D eigenvalue weighted by atomic mass is 10.1. The minimum Gasteiger partial charge on any atom is -0.489 e. The van der Waals surface area contributed by atoms with Crippen LogP contribution in [0.1, 0.15) is 11.1 Å². The molecular weight excluding hydrogens is 282 g/mol. The summed E-state index contributed by atoms with van der Waals surface area (Å²) in [6.45, 7) is 4.41. The third kappa shape index (κ3) is 4.01. The minimum absolute atomic E-state index is 0.563. The van der Waals surface area contributed by atoms with Crippen molar-refractivity contribution in [3.05, 3.63) is 96.6 Å². The lowest BCUT2D eigenvalue weighted by Crippen LogP contribution is -1.97. The van der Waals surface area contributed by atoms with Crippen molar-refractivity contribution in [2.75, 3.05) is 5.32 Å². The number of ether oxygens (including phenoxy) is 1. The van der Waals surface area contributed by atoms with Gasteiger partial charge in [-0.3, -0.25) is 0 Å². The van der Waals surface area contributed by atoms with Crippen molar-refractivity contribution in [1.29, 1.82) is 0 Å². The highest BCUT2D eigenvalue weighted by Crippen LogP contribution is 2.25. The topological polar surface area (TPSA) is 21.3 Å². The van der Waals surface area contributed by atoms with Gasteiger partial charge in [0.05, 0.1) is 0 Å². The van der Waals surface area contributed by atoms with Crippen molar-refractivity contribution in [3.8, 4) is 5.75 Å². The van der Waals surface area contributed by atoms with E-state index in [1.807, 2.05) is 72.8 Å². The van der Waals surface area contributed by atoms with Gasteiger partial charge in [-0.15, -0.1) is 0 Å². The molecule has 0 aliphatic carbocycles. The number of rotatable bonds is 6. The maximum Gasteiger partial charge on any atom is 0.121 e. The molecule has 0 saturated carbocycles. The fourth-order valence-corrected chi connectivity index (χ4v) is 2.35. The molecule has 0 aliphatic heterocycles. The minimum atomic E-state index is 0.563. The molecule has 3 aromatic rings. The Bertz CT molecular complexity index is 781. The highest BCUT2D eigenvalue weighted by atomic mass is 16.5. The number of hydrogen-bond acceptors (Lipinski definition) is 2. The van der Waals surface area contributed by atoms with Crippen LogP contribution in [0.4, 0.5) is 11.4 Å². The Labute approximate surface area is 137 Å². The van der Waals surface area contributed by atoms with Crippen LogP contribution in [0.5, 0.6) is 5.75 Å². The molecule has 2 nitrogen and oxygen atoms in total. The van der Waals surface area contributed by atoms with Crippen LogP contribution < -0.4 is 10.1 Å². The van der Waals surface area contributed by atoms with Crippen molar-refractivity contribution >= 4 is 17.5 Å². The van der Waals surface area contributed by atoms with Crippen LogP contribution in [-0.4, -0.2) is 0 Å². The zero-order chi connectivity index (χ0) is 15.9. The third-order valence-corrected chi connectivity index (χ3v) is 3.54. The summed E-state index contributed by atoms with van der Waals surface area (Å²) in [5, 5.41) is 3.41. The van der Waals surface area contributed by atoms with E-state index in [0.29, 0.717) is 6.61 Å². The second-order valence-corrected chi connectivity index (χ2v) is 5.22. The molecule has 114 valence electrons. The average molecular weight is 301 g/mol. The molecule has 0 saturated heterocycles. The van der Waals surface area contributed by atoms with E-state index in [9.17, 15) is 0 Å². The van der Waals surface area contributed by atoms with E-state index in [4.69, 9.17) is 4.74 Å². The summed E-state index contributed by atoms with van der Waals surface area (Å²) in [4.78, 5) is 0. The Kier molecular flexibility index (Phi) is 4.75. The maximum atomic E-state index is 5.87. The van der Waals surface area contributed by atoms with Crippen LogP contribution in [0.25, 0.3) is 6.08 Å². The van der Waals surface area contributed by atoms with Gasteiger partial charge < -0.3 is 10.1 Å². The molecule has 0 unspecified atom stereocenters. The lowest BCUT2D eigenvalue weighted by molar-refractivity contribution is 0.306. The highest BCUT2D eigenvalue weighted by molar-refractivity contribution is 5.71. The summed E-state index contributed by atoms with van der Waals surface area (Å²) in [5.41, 5.74) is 4.25. The first-order valence-corrected chi connectivity index (χ1v) is 7.60. The Morgan fingerprint density at radius 3 is 2.48 bits per heavy atom. The van der Waals surface area contributed by atoms with Crippen molar-refractivity contribution in [3.63, 3.8) is 0 Å². The van der Waals surface area contributed by atoms with E-state index in [0.717, 1.165) is 28.3 Å². The SMILES string of the molecule is C=Cc1ccccc1Nc1cccc(OCc2ccccc2)c1. The van der Waals surface area contributed by atoms with Gasteiger partial charge in [-0.1, -0.05) is 67.3 Å². The molecule has 3 rings (SSSR count). The predicted molar refractivity (Wildman–Crippen MR) is 97.0 cm³/mol. The summed E-state index contributed by atoms with van der Waals surface area (Å²) >= 11 is 0. The van der Waals surface area contributed by atoms with Crippen molar-refractivity contribution < 1.29 is 4.74 Å². The molecule has 23 heavy (non-hydrogen) atoms. The predicted octanol–water partition coefficient (Wildman–Crippen LogP) is 5.65. The number of anilines is 2. The molecule has 1 N–H and O–H groups in total. The first-order chi connectivity index (χ1) is 11.3. The Hall–Kier alpha value is -3.00. The van der Waals surface area contributed by atoms with E-state index in [1.165, 1.54) is 0 Å². The molecule has 0 spiro atoms. The number of para-hydroxylation sites is 1. The van der Waals surface area contributed by atoms with Gasteiger partial charge in [-0.05, 0) is 29.3 Å². The van der Waals surface area contributed by atoms with Gasteiger partial charge in [0.2, 0.25) is 0 Å². The zero-order valence-electron chi connectivity index (χ0n) is 12.9. The number of hydrogen-bond donors (Lipinski definition) is 1. The normalized spacial score (nSPS) is 10.1. The smallest absolute Gasteiger partial charge is 0.121 e. The molecule has 0 aliphatic rings. The molecule has 0 fully saturated rings. The quantitative estimate of drug-likeness (QED) is 0.635. The van der Waals surface area contributed by atoms with Crippen LogP contribution in [0, 0.1) is 0 Å². The monoisotopic (exact) mass is 301 g/mol. The molecular formula is C21H19NO. The molecule has 0 aromatic heterocycles. The molecule has 0 heterocycles. The standard InChI is InChI=1S/C21H19NO/c1-2-18-11-6-7-14-21(18)22-19-12-8-13-20(15-19)23-16-17-9-4-3-5-10-17/h2-15,22H,1,16H2. The lowest BCUT2D eigenvalue weighted by Gasteiger charge is -2.12. The second kappa shape index (κ2) is 7.32. The van der Waals surface area contributed by atoms with Gasteiger partial charge in [-0.2, -0.15) is 0 Å². The van der Waals surface area contributed by atoms with Crippen LogP contribution in [-0.2, 0) is 6.61 Å². The van der Waals surface area contributed by atoms with E-state index < -0.39 is 0 Å². The Morgan fingerprint density at radius 2 is 1.65 bits per heavy atom. The van der Waals surface area contributed by atoms with Crippen molar-refractivity contribution in [1.82, 2.24) is 0 Å². The van der Waals surface area contributed by atoms with Crippen LogP contribution in [0.15, 0.2) is 85.4 Å². The van der Waals surface area contributed by atoms with E-state index in [2.05, 4.69) is 24.0 Å². The summed E-state index contributed by atoms with van der Waals surface area (Å²) in [6.07, 6.45) is 1.85. The molecule has 0 atom stereocenters. The van der Waals surface area contributed by atoms with Crippen molar-refractivity contribution in [2.45, 2.75) is 6.61 Å². The molecule has 2 heteroatoms. The Balaban J connectivity index is 1.71. The van der Waals surface area contributed by atoms with Crippen LogP contribution in [0.3, 0.4) is 0 Å². The third-order valence-electron chi connectivity index (χ3n) is 3.54. The van der Waals surface area contributed by atoms with Gasteiger partial charge in [0.15, 0.2) is 0 Å². The average Bonchev–Trinajstić information content (AvgIpc) is 2.62. The van der Waals surface area contributed by atoms with E-state index in [-0.39, 0.29) is 0 Å². The fourth-order valence-electron chi connectivity index (χ4n) is 2.35. The van der Waals surface area contributed by atoms with E-state index >= 15 is 0 Å². The fraction of sp³-hybridized carbons (Fsp3) is 0.0476. The highest BCUT2D eigenvalue weighted by Gasteiger charge is 2.01. The van der Waals surface area contributed by atoms with Gasteiger partial charge in [0.25, 0.3) is 0 Å². The molecule has 0 amide bonds. The maximum absolute atomic E-state index is 5.87. The van der Waals surface area contributed by atoms with Crippen LogP contribution >= 0.6 is 0 Å². The summed E-state index contributed by atoms with van der Waals surface area (Å²) in [5.74, 6) is 0.843. The van der Waals surface area contributed by atoms with Gasteiger partial charge in [0, 0.05) is 17.4 Å². The summed E-state index contributed by atoms with van der Waals surface area (Å²) in [6, 6.07) is 26.2. The molecule has 3 aromatic carbocycles.